The summed E-state index contributed by atoms with van der Waals surface area (Å²) in [5.74, 6) is 0. The van der Waals surface area contributed by atoms with Gasteiger partial charge in [0.05, 0.1) is 198 Å². The molecular weight excluding hydrogens is 1290 g/mol. The summed E-state index contributed by atoms with van der Waals surface area (Å²) in [7, 11) is 0. The third-order valence-electron chi connectivity index (χ3n) is 14.2. The van der Waals surface area contributed by atoms with Crippen molar-refractivity contribution in [3.05, 3.63) is 0 Å². The van der Waals surface area contributed by atoms with E-state index in [0.717, 1.165) is 25.7 Å². The van der Waals surface area contributed by atoms with Crippen LogP contribution in [0, 0.1) is 21.7 Å². The van der Waals surface area contributed by atoms with Crippen LogP contribution in [0.5, 0.6) is 0 Å². The van der Waals surface area contributed by atoms with Gasteiger partial charge in [-0.15, -0.1) is 0 Å². The van der Waals surface area contributed by atoms with Crippen LogP contribution in [0.3, 0.4) is 0 Å². The maximum atomic E-state index is 5.72. The van der Waals surface area contributed by atoms with Gasteiger partial charge in [-0.2, -0.15) is 0 Å². The Morgan fingerprint density at radius 1 is 0.180 bits per heavy atom. The highest BCUT2D eigenvalue weighted by atomic mass is 16.6. The summed E-state index contributed by atoms with van der Waals surface area (Å²) in [4.78, 5) is 0. The van der Waals surface area contributed by atoms with E-state index in [1.54, 1.807) is 0 Å². The zero-order valence-electron chi connectivity index (χ0n) is 67.2. The zero-order chi connectivity index (χ0) is 77.6. The van der Waals surface area contributed by atoms with Crippen molar-refractivity contribution >= 4 is 0 Å². The molecule has 100 heavy (non-hydrogen) atoms. The fourth-order valence-electron chi connectivity index (χ4n) is 8.31. The van der Waals surface area contributed by atoms with E-state index in [-0.39, 0.29) is 112 Å². The summed E-state index contributed by atoms with van der Waals surface area (Å²) < 4.78 is 84.7. The van der Waals surface area contributed by atoms with Gasteiger partial charge < -0.3 is 151 Å². The number of hydrogen-bond donors (Lipinski definition) is 14. The maximum Gasteiger partial charge on any atom is 0.0781 e. The second-order valence-electron chi connectivity index (χ2n) is 29.6. The van der Waals surface area contributed by atoms with Crippen molar-refractivity contribution in [3.8, 4) is 0 Å². The fourth-order valence-corrected chi connectivity index (χ4v) is 8.31. The molecule has 0 aliphatic carbocycles. The van der Waals surface area contributed by atoms with Crippen LogP contribution in [-0.2, 0) is 71.1 Å². The molecule has 28 N–H and O–H groups in total. The van der Waals surface area contributed by atoms with E-state index >= 15 is 0 Å². The van der Waals surface area contributed by atoms with Gasteiger partial charge in [-0.1, -0.05) is 27.7 Å². The molecule has 0 radical (unpaired) electrons. The molecular formula is C71H166N14O15. The molecule has 0 amide bonds. The van der Waals surface area contributed by atoms with Crippen molar-refractivity contribution in [2.75, 3.05) is 192 Å². The first-order valence-corrected chi connectivity index (χ1v) is 37.0. The minimum atomic E-state index is -0.182. The van der Waals surface area contributed by atoms with Crippen molar-refractivity contribution in [2.45, 2.75) is 248 Å². The zero-order valence-corrected chi connectivity index (χ0v) is 67.2. The number of ether oxygens (including phenoxy) is 15. The van der Waals surface area contributed by atoms with E-state index in [1.807, 2.05) is 104 Å². The van der Waals surface area contributed by atoms with Gasteiger partial charge in [-0.3, -0.25) is 0 Å². The highest BCUT2D eigenvalue weighted by molar-refractivity contribution is 4.82. The van der Waals surface area contributed by atoms with Crippen molar-refractivity contribution in [1.82, 2.24) is 0 Å². The number of hydrogen-bond acceptors (Lipinski definition) is 29. The first-order chi connectivity index (χ1) is 46.8. The molecule has 0 saturated heterocycles. The van der Waals surface area contributed by atoms with Gasteiger partial charge in [0.1, 0.15) is 0 Å². The monoisotopic (exact) mass is 1460 g/mol. The molecule has 0 aromatic carbocycles. The van der Waals surface area contributed by atoms with Crippen LogP contribution >= 0.6 is 0 Å². The fraction of sp³-hybridized carbons (Fsp3) is 1.00. The van der Waals surface area contributed by atoms with Gasteiger partial charge in [0, 0.05) is 106 Å². The largest absolute Gasteiger partial charge is 0.379 e. The van der Waals surface area contributed by atoms with Gasteiger partial charge >= 0.3 is 0 Å². The average Bonchev–Trinajstić information content (AvgIpc) is 0.902. The van der Waals surface area contributed by atoms with Crippen molar-refractivity contribution in [3.63, 3.8) is 0 Å². The molecule has 0 saturated carbocycles. The first kappa shape index (κ1) is 107. The SMILES string of the molecule is CC(N)COCCOC(C)COCC(C)N.CCC(COCC(C)N)(COCC(C)N)COCC(C)N.CCC(COCC(C)N)(COCC(C)N)COCC(C)N.CCC(COCC(C)N)(COCC(C)N)COCC(C)N.CCC(COCC(C)N)(COCC(C)N)COCC(C)N. The summed E-state index contributed by atoms with van der Waals surface area (Å²) in [5, 5.41) is 0. The van der Waals surface area contributed by atoms with Gasteiger partial charge in [0.2, 0.25) is 0 Å². The predicted octanol–water partition coefficient (Wildman–Crippen LogP) is 2.02. The summed E-state index contributed by atoms with van der Waals surface area (Å²) in [5.41, 5.74) is 79.0. The lowest BCUT2D eigenvalue weighted by molar-refractivity contribution is -0.0750. The smallest absolute Gasteiger partial charge is 0.0781 e. The molecule has 15 atom stereocenters. The maximum absolute atomic E-state index is 5.72. The molecule has 29 heteroatoms. The summed E-state index contributed by atoms with van der Waals surface area (Å²) in [6, 6.07) is 0.419. The van der Waals surface area contributed by atoms with E-state index in [4.69, 9.17) is 151 Å². The van der Waals surface area contributed by atoms with Crippen LogP contribution < -0.4 is 80.3 Å². The number of rotatable bonds is 62. The van der Waals surface area contributed by atoms with E-state index in [1.165, 1.54) is 0 Å². The quantitative estimate of drug-likeness (QED) is 0.0387. The third-order valence-corrected chi connectivity index (χ3v) is 14.2. The Morgan fingerprint density at radius 3 is 0.440 bits per heavy atom. The Kier molecular flexibility index (Phi) is 73.5. The van der Waals surface area contributed by atoms with Crippen molar-refractivity contribution < 1.29 is 71.1 Å². The van der Waals surface area contributed by atoms with Gasteiger partial charge in [0.25, 0.3) is 0 Å². The molecule has 0 bridgehead atoms. The van der Waals surface area contributed by atoms with Crippen LogP contribution in [0.2, 0.25) is 0 Å². The van der Waals surface area contributed by atoms with E-state index < -0.39 is 0 Å². The van der Waals surface area contributed by atoms with Crippen LogP contribution in [0.4, 0.5) is 0 Å². The topological polar surface area (TPSA) is 503 Å². The molecule has 15 unspecified atom stereocenters. The summed E-state index contributed by atoms with van der Waals surface area (Å²) in [6.07, 6.45) is 3.64. The van der Waals surface area contributed by atoms with Crippen LogP contribution in [0.25, 0.3) is 0 Å². The summed E-state index contributed by atoms with van der Waals surface area (Å²) in [6.45, 7) is 53.2. The predicted molar refractivity (Wildman–Crippen MR) is 409 cm³/mol. The normalized spacial score (nSPS) is 18.7. The molecule has 0 fully saturated rings. The van der Waals surface area contributed by atoms with Crippen molar-refractivity contribution in [2.24, 2.45) is 102 Å². The Labute approximate surface area is 610 Å². The Morgan fingerprint density at radius 2 is 0.310 bits per heavy atom. The Balaban J connectivity index is -0.000000377. The molecule has 29 nitrogen and oxygen atoms in total. The minimum Gasteiger partial charge on any atom is -0.379 e. The van der Waals surface area contributed by atoms with Crippen LogP contribution in [0.15, 0.2) is 0 Å². The van der Waals surface area contributed by atoms with Crippen LogP contribution in [-0.4, -0.2) is 282 Å². The molecule has 610 valence electrons. The second kappa shape index (κ2) is 68.4. The third kappa shape index (κ3) is 75.1. The lowest BCUT2D eigenvalue weighted by Gasteiger charge is -2.33. The van der Waals surface area contributed by atoms with Gasteiger partial charge in [-0.05, 0) is 130 Å². The van der Waals surface area contributed by atoms with E-state index in [0.29, 0.717) is 192 Å². The minimum absolute atomic E-state index is 0.0227. The van der Waals surface area contributed by atoms with Crippen molar-refractivity contribution in [1.29, 1.82) is 0 Å². The molecule has 0 spiro atoms. The highest BCUT2D eigenvalue weighted by Gasteiger charge is 2.34. The molecule has 0 rings (SSSR count). The van der Waals surface area contributed by atoms with E-state index in [2.05, 4.69) is 27.7 Å². The van der Waals surface area contributed by atoms with Crippen LogP contribution in [0.1, 0.15) is 157 Å². The standard InChI is InChI=1S/4C15H35N3O3.C11H26N2O3/c4*1-5-15(9-19-6-12(2)16,10-20-7-13(3)17)11-21-8-14(4)18;1-9(12)6-14-4-5-16-11(3)8-15-7-10(2)13/h4*12-14H,5-11,16-18H2,1-4H3;9-11H,4-8,12-13H2,1-3H3. The first-order valence-electron chi connectivity index (χ1n) is 37.0. The summed E-state index contributed by atoms with van der Waals surface area (Å²) >= 11 is 0. The van der Waals surface area contributed by atoms with E-state index in [9.17, 15) is 0 Å². The lowest BCUT2D eigenvalue weighted by atomic mass is 9.88. The highest BCUT2D eigenvalue weighted by Crippen LogP contribution is 2.28. The molecule has 0 aromatic rings. The molecule has 0 aliphatic heterocycles. The molecule has 0 heterocycles. The average molecular weight is 1460 g/mol. The Bertz CT molecular complexity index is 1340. The second-order valence-corrected chi connectivity index (χ2v) is 29.6. The van der Waals surface area contributed by atoms with Gasteiger partial charge in [0.15, 0.2) is 0 Å². The Hall–Kier alpha value is -1.16. The number of nitrogens with two attached hydrogens (primary N) is 14. The van der Waals surface area contributed by atoms with Gasteiger partial charge in [-0.25, -0.2) is 0 Å². The molecule has 0 aliphatic rings. The lowest BCUT2D eigenvalue weighted by Crippen LogP contribution is -2.40. The molecule has 0 aromatic heterocycles.